The highest BCUT2D eigenvalue weighted by Gasteiger charge is 2.13. The van der Waals surface area contributed by atoms with Gasteiger partial charge in [0.25, 0.3) is 5.91 Å². The molecule has 0 spiro atoms. The number of carbonyl (C=O) groups is 2. The quantitative estimate of drug-likeness (QED) is 0.818. The van der Waals surface area contributed by atoms with Crippen molar-refractivity contribution in [1.82, 2.24) is 15.5 Å². The molecule has 104 valence electrons. The molecule has 0 fully saturated rings. The number of rotatable bonds is 5. The Morgan fingerprint density at radius 1 is 1.21 bits per heavy atom. The number of nitrogens with one attached hydrogen (secondary N) is 2. The Balaban J connectivity index is 2.55. The monoisotopic (exact) mass is 263 g/mol. The van der Waals surface area contributed by atoms with Crippen molar-refractivity contribution in [2.75, 3.05) is 21.1 Å². The maximum Gasteiger partial charge on any atom is 0.251 e. The number of amides is 2. The molecule has 2 N–H and O–H groups in total. The van der Waals surface area contributed by atoms with Gasteiger partial charge in [0.05, 0.1) is 6.04 Å². The molecular formula is C14H21N3O2. The molecule has 0 aliphatic carbocycles. The fourth-order valence-electron chi connectivity index (χ4n) is 1.66. The van der Waals surface area contributed by atoms with Gasteiger partial charge in [0.1, 0.15) is 0 Å². The van der Waals surface area contributed by atoms with Gasteiger partial charge in [0.2, 0.25) is 5.91 Å². The van der Waals surface area contributed by atoms with E-state index in [0.29, 0.717) is 12.1 Å². The highest BCUT2D eigenvalue weighted by atomic mass is 16.2. The summed E-state index contributed by atoms with van der Waals surface area (Å²) in [7, 11) is 5.07. The summed E-state index contributed by atoms with van der Waals surface area (Å²) in [6.45, 7) is 2.43. The summed E-state index contributed by atoms with van der Waals surface area (Å²) >= 11 is 0. The van der Waals surface area contributed by atoms with Gasteiger partial charge in [-0.2, -0.15) is 0 Å². The molecule has 5 heteroatoms. The van der Waals surface area contributed by atoms with Crippen molar-refractivity contribution in [2.45, 2.75) is 19.5 Å². The molecule has 0 aromatic heterocycles. The average molecular weight is 263 g/mol. The molecule has 5 nitrogen and oxygen atoms in total. The summed E-state index contributed by atoms with van der Waals surface area (Å²) in [5.41, 5.74) is 1.66. The summed E-state index contributed by atoms with van der Waals surface area (Å²) in [5.74, 6) is -0.0577. The van der Waals surface area contributed by atoms with E-state index in [9.17, 15) is 9.59 Å². The van der Waals surface area contributed by atoms with E-state index in [1.54, 1.807) is 38.2 Å². The van der Waals surface area contributed by atoms with Crippen molar-refractivity contribution < 1.29 is 9.59 Å². The van der Waals surface area contributed by atoms with E-state index in [0.717, 1.165) is 5.56 Å². The third-order valence-electron chi connectivity index (χ3n) is 2.87. The molecule has 2 amide bonds. The molecule has 1 unspecified atom stereocenters. The topological polar surface area (TPSA) is 61.4 Å². The lowest BCUT2D eigenvalue weighted by molar-refractivity contribution is -0.130. The van der Waals surface area contributed by atoms with Crippen LogP contribution < -0.4 is 10.6 Å². The molecule has 1 aromatic rings. The van der Waals surface area contributed by atoms with Crippen LogP contribution in [0.2, 0.25) is 0 Å². The third-order valence-corrected chi connectivity index (χ3v) is 2.87. The van der Waals surface area contributed by atoms with Crippen LogP contribution in [0.15, 0.2) is 24.3 Å². The number of carbonyl (C=O) groups excluding carboxylic acids is 2. The van der Waals surface area contributed by atoms with Gasteiger partial charge in [-0.3, -0.25) is 9.59 Å². The van der Waals surface area contributed by atoms with Gasteiger partial charge in [-0.1, -0.05) is 12.1 Å². The number of nitrogens with zero attached hydrogens (tertiary/aromatic N) is 1. The smallest absolute Gasteiger partial charge is 0.251 e. The molecule has 0 heterocycles. The van der Waals surface area contributed by atoms with Crippen molar-refractivity contribution in [1.29, 1.82) is 0 Å². The second-order valence-corrected chi connectivity index (χ2v) is 4.61. The van der Waals surface area contributed by atoms with E-state index in [4.69, 9.17) is 0 Å². The first-order chi connectivity index (χ1) is 8.95. The maximum atomic E-state index is 11.7. The summed E-state index contributed by atoms with van der Waals surface area (Å²) in [4.78, 5) is 24.6. The zero-order chi connectivity index (χ0) is 14.4. The number of likely N-dealkylation sites (N-methyl/N-ethyl adjacent to an activating group) is 1. The van der Waals surface area contributed by atoms with Crippen LogP contribution in [-0.2, 0) is 11.3 Å². The standard InChI is InChI=1S/C14H21N3O2/c1-10(14(19)17(3)4)16-9-11-5-7-12(8-6-11)13(18)15-2/h5-8,10,16H,9H2,1-4H3,(H,15,18). The Morgan fingerprint density at radius 2 is 1.79 bits per heavy atom. The van der Waals surface area contributed by atoms with Crippen molar-refractivity contribution in [3.8, 4) is 0 Å². The first kappa shape index (κ1) is 15.2. The minimum absolute atomic E-state index is 0.0435. The highest BCUT2D eigenvalue weighted by molar-refractivity contribution is 5.93. The first-order valence-corrected chi connectivity index (χ1v) is 6.21. The van der Waals surface area contributed by atoms with Gasteiger partial charge in [-0.25, -0.2) is 0 Å². The SMILES string of the molecule is CNC(=O)c1ccc(CNC(C)C(=O)N(C)C)cc1. The van der Waals surface area contributed by atoms with Crippen LogP contribution in [0.1, 0.15) is 22.8 Å². The van der Waals surface area contributed by atoms with E-state index in [1.165, 1.54) is 0 Å². The largest absolute Gasteiger partial charge is 0.355 e. The second kappa shape index (κ2) is 6.89. The normalized spacial score (nSPS) is 11.8. The van der Waals surface area contributed by atoms with Crippen LogP contribution in [0.4, 0.5) is 0 Å². The van der Waals surface area contributed by atoms with E-state index in [-0.39, 0.29) is 17.9 Å². The molecule has 0 radical (unpaired) electrons. The predicted octanol–water partition coefficient (Wildman–Crippen LogP) is 0.613. The molecule has 1 atom stereocenters. The Morgan fingerprint density at radius 3 is 2.26 bits per heavy atom. The Kier molecular flexibility index (Phi) is 5.51. The van der Waals surface area contributed by atoms with E-state index in [1.807, 2.05) is 19.1 Å². The minimum atomic E-state index is -0.228. The van der Waals surface area contributed by atoms with Crippen LogP contribution in [-0.4, -0.2) is 43.9 Å². The number of hydrogen-bond donors (Lipinski definition) is 2. The van der Waals surface area contributed by atoms with Gasteiger partial charge in [-0.05, 0) is 24.6 Å². The summed E-state index contributed by atoms with van der Waals surface area (Å²) in [6.07, 6.45) is 0. The molecule has 1 rings (SSSR count). The van der Waals surface area contributed by atoms with E-state index < -0.39 is 0 Å². The first-order valence-electron chi connectivity index (χ1n) is 6.21. The molecule has 0 saturated carbocycles. The summed E-state index contributed by atoms with van der Waals surface area (Å²) in [6, 6.07) is 7.07. The van der Waals surface area contributed by atoms with Gasteiger partial charge >= 0.3 is 0 Å². The van der Waals surface area contributed by atoms with Crippen molar-refractivity contribution in [3.63, 3.8) is 0 Å². The summed E-state index contributed by atoms with van der Waals surface area (Å²) < 4.78 is 0. The van der Waals surface area contributed by atoms with Crippen LogP contribution >= 0.6 is 0 Å². The van der Waals surface area contributed by atoms with Crippen molar-refractivity contribution in [2.24, 2.45) is 0 Å². The van der Waals surface area contributed by atoms with Crippen LogP contribution in [0.25, 0.3) is 0 Å². The van der Waals surface area contributed by atoms with Crippen molar-refractivity contribution in [3.05, 3.63) is 35.4 Å². The second-order valence-electron chi connectivity index (χ2n) is 4.61. The number of benzene rings is 1. The third kappa shape index (κ3) is 4.37. The highest BCUT2D eigenvalue weighted by Crippen LogP contribution is 2.04. The molecule has 0 bridgehead atoms. The molecule has 0 aliphatic rings. The predicted molar refractivity (Wildman–Crippen MR) is 74.8 cm³/mol. The van der Waals surface area contributed by atoms with E-state index in [2.05, 4.69) is 10.6 Å². The Labute approximate surface area is 114 Å². The number of hydrogen-bond acceptors (Lipinski definition) is 3. The van der Waals surface area contributed by atoms with Gasteiger partial charge in [-0.15, -0.1) is 0 Å². The molecule has 1 aromatic carbocycles. The minimum Gasteiger partial charge on any atom is -0.355 e. The zero-order valence-electron chi connectivity index (χ0n) is 11.9. The lowest BCUT2D eigenvalue weighted by Crippen LogP contribution is -2.41. The fraction of sp³-hybridized carbons (Fsp3) is 0.429. The molecular weight excluding hydrogens is 242 g/mol. The Hall–Kier alpha value is -1.88. The fourth-order valence-corrected chi connectivity index (χ4v) is 1.66. The van der Waals surface area contributed by atoms with Crippen molar-refractivity contribution >= 4 is 11.8 Å². The maximum absolute atomic E-state index is 11.7. The molecule has 0 saturated heterocycles. The lowest BCUT2D eigenvalue weighted by Gasteiger charge is -2.18. The van der Waals surface area contributed by atoms with E-state index >= 15 is 0 Å². The van der Waals surface area contributed by atoms with Gasteiger partial charge in [0.15, 0.2) is 0 Å². The summed E-state index contributed by atoms with van der Waals surface area (Å²) in [5, 5.41) is 5.72. The Bertz CT molecular complexity index is 441. The van der Waals surface area contributed by atoms with Gasteiger partial charge in [0, 0.05) is 33.3 Å². The average Bonchev–Trinajstić information content (AvgIpc) is 2.43. The lowest BCUT2D eigenvalue weighted by atomic mass is 10.1. The molecule has 19 heavy (non-hydrogen) atoms. The van der Waals surface area contributed by atoms with Crippen LogP contribution in [0.5, 0.6) is 0 Å². The molecule has 0 aliphatic heterocycles. The van der Waals surface area contributed by atoms with Crippen LogP contribution in [0, 0.1) is 0 Å². The zero-order valence-corrected chi connectivity index (χ0v) is 11.9. The van der Waals surface area contributed by atoms with Gasteiger partial charge < -0.3 is 15.5 Å². The van der Waals surface area contributed by atoms with Crippen LogP contribution in [0.3, 0.4) is 0 Å².